The first-order chi connectivity index (χ1) is 11.0. The largest absolute Gasteiger partial charge is 0.325 e. The maximum Gasteiger partial charge on any atom is 0.242 e. The van der Waals surface area contributed by atoms with E-state index in [9.17, 15) is 9.59 Å². The van der Waals surface area contributed by atoms with E-state index in [1.54, 1.807) is 20.8 Å². The van der Waals surface area contributed by atoms with E-state index in [2.05, 4.69) is 21.9 Å². The first-order valence-corrected chi connectivity index (χ1v) is 8.21. The molecule has 2 N–H and O–H groups in total. The van der Waals surface area contributed by atoms with E-state index < -0.39 is 0 Å². The number of hydrogen-bond acceptors (Lipinski definition) is 3. The Morgan fingerprint density at radius 1 is 1.22 bits per heavy atom. The van der Waals surface area contributed by atoms with Crippen molar-refractivity contribution in [1.29, 1.82) is 0 Å². The molecule has 0 radical (unpaired) electrons. The van der Waals surface area contributed by atoms with Gasteiger partial charge in [0.05, 0.1) is 6.42 Å². The lowest BCUT2D eigenvalue weighted by atomic mass is 9.90. The van der Waals surface area contributed by atoms with Gasteiger partial charge in [0, 0.05) is 17.3 Å². The van der Waals surface area contributed by atoms with E-state index in [0.29, 0.717) is 5.71 Å². The van der Waals surface area contributed by atoms with Crippen LogP contribution in [0.4, 0.5) is 5.69 Å². The van der Waals surface area contributed by atoms with Crippen LogP contribution in [0.2, 0.25) is 0 Å². The summed E-state index contributed by atoms with van der Waals surface area (Å²) in [4.78, 5) is 23.6. The summed E-state index contributed by atoms with van der Waals surface area (Å²) in [5, 5.41) is 6.95. The quantitative estimate of drug-likeness (QED) is 0.647. The highest BCUT2D eigenvalue weighted by Crippen LogP contribution is 2.27. The fraction of sp³-hybridized carbons (Fsp3) is 0.500. The van der Waals surface area contributed by atoms with Crippen LogP contribution in [0.25, 0.3) is 0 Å². The third-order valence-corrected chi connectivity index (χ3v) is 3.97. The first kappa shape index (κ1) is 17.2. The predicted molar refractivity (Wildman–Crippen MR) is 92.4 cm³/mol. The van der Waals surface area contributed by atoms with E-state index >= 15 is 0 Å². The van der Waals surface area contributed by atoms with Gasteiger partial charge < -0.3 is 5.32 Å². The molecule has 2 amide bonds. The molecule has 0 spiro atoms. The van der Waals surface area contributed by atoms with Gasteiger partial charge in [-0.1, -0.05) is 26.0 Å². The van der Waals surface area contributed by atoms with Crippen LogP contribution >= 0.6 is 0 Å². The smallest absolute Gasteiger partial charge is 0.242 e. The maximum atomic E-state index is 12.2. The molecule has 5 nitrogen and oxygen atoms in total. The summed E-state index contributed by atoms with van der Waals surface area (Å²) in [6, 6.07) is 6.08. The van der Waals surface area contributed by atoms with E-state index in [0.717, 1.165) is 18.5 Å². The Labute approximate surface area is 137 Å². The molecular formula is C18H25N3O2. The topological polar surface area (TPSA) is 70.6 Å². The third-order valence-electron chi connectivity index (χ3n) is 3.97. The molecule has 23 heavy (non-hydrogen) atoms. The zero-order chi connectivity index (χ0) is 16.8. The number of hydrazone groups is 1. The van der Waals surface area contributed by atoms with Crippen LogP contribution in [0.5, 0.6) is 0 Å². The summed E-state index contributed by atoms with van der Waals surface area (Å²) < 4.78 is 0. The molecule has 0 saturated carbocycles. The van der Waals surface area contributed by atoms with Gasteiger partial charge in [-0.05, 0) is 49.8 Å². The Morgan fingerprint density at radius 3 is 2.70 bits per heavy atom. The normalized spacial score (nSPS) is 14.3. The number of amides is 2. The molecule has 0 saturated heterocycles. The van der Waals surface area contributed by atoms with Gasteiger partial charge in [0.2, 0.25) is 11.8 Å². The minimum atomic E-state index is -0.151. The van der Waals surface area contributed by atoms with Crippen molar-refractivity contribution in [3.63, 3.8) is 0 Å². The van der Waals surface area contributed by atoms with Gasteiger partial charge in [-0.3, -0.25) is 9.59 Å². The summed E-state index contributed by atoms with van der Waals surface area (Å²) in [5.41, 5.74) is 6.56. The van der Waals surface area contributed by atoms with Crippen LogP contribution < -0.4 is 10.7 Å². The van der Waals surface area contributed by atoms with E-state index in [1.807, 2.05) is 12.1 Å². The van der Waals surface area contributed by atoms with Gasteiger partial charge >= 0.3 is 0 Å². The molecule has 124 valence electrons. The molecule has 0 aromatic heterocycles. The second-order valence-corrected chi connectivity index (χ2v) is 6.35. The van der Waals surface area contributed by atoms with Crippen molar-refractivity contribution in [3.05, 3.63) is 29.3 Å². The number of benzene rings is 1. The third kappa shape index (κ3) is 4.91. The standard InChI is InChI=1S/C18H25N3O2/c1-12(2)18(23)21-20-13(3)11-17(22)19-16-10-6-8-14-7-4-5-9-15(14)16/h6,8,10,12H,4-5,7,9,11H2,1-3H3,(H,19,22)(H,21,23)/b20-13+. The number of carbonyl (C=O) groups excluding carboxylic acids is 2. The molecule has 0 heterocycles. The van der Waals surface area contributed by atoms with Crippen molar-refractivity contribution in [1.82, 2.24) is 5.43 Å². The zero-order valence-electron chi connectivity index (χ0n) is 14.1. The molecule has 5 heteroatoms. The Morgan fingerprint density at radius 2 is 1.96 bits per heavy atom. The predicted octanol–water partition coefficient (Wildman–Crippen LogP) is 3.04. The van der Waals surface area contributed by atoms with Crippen LogP contribution in [0.1, 0.15) is 51.2 Å². The summed E-state index contributed by atoms with van der Waals surface area (Å²) in [7, 11) is 0. The summed E-state index contributed by atoms with van der Waals surface area (Å²) in [6.45, 7) is 5.33. The Kier molecular flexibility index (Phi) is 5.90. The highest BCUT2D eigenvalue weighted by molar-refractivity contribution is 6.06. The van der Waals surface area contributed by atoms with Gasteiger partial charge in [-0.2, -0.15) is 5.10 Å². The number of anilines is 1. The van der Waals surface area contributed by atoms with Crippen LogP contribution in [-0.2, 0) is 22.4 Å². The average molecular weight is 315 g/mol. The average Bonchev–Trinajstić information content (AvgIpc) is 2.52. The molecule has 0 unspecified atom stereocenters. The fourth-order valence-corrected chi connectivity index (χ4v) is 2.64. The van der Waals surface area contributed by atoms with Gasteiger partial charge in [-0.15, -0.1) is 0 Å². The fourth-order valence-electron chi connectivity index (χ4n) is 2.64. The molecule has 1 aromatic carbocycles. The summed E-state index contributed by atoms with van der Waals surface area (Å²) in [6.07, 6.45) is 4.65. The number of fused-ring (bicyclic) bond motifs is 1. The van der Waals surface area contributed by atoms with Gasteiger partial charge in [0.25, 0.3) is 0 Å². The molecule has 0 fully saturated rings. The molecule has 0 atom stereocenters. The highest BCUT2D eigenvalue weighted by Gasteiger charge is 2.15. The molecule has 0 bridgehead atoms. The number of nitrogens with zero attached hydrogens (tertiary/aromatic N) is 1. The number of aryl methyl sites for hydroxylation is 1. The monoisotopic (exact) mass is 315 g/mol. The molecule has 1 aromatic rings. The lowest BCUT2D eigenvalue weighted by molar-refractivity contribution is -0.124. The highest BCUT2D eigenvalue weighted by atomic mass is 16.2. The van der Waals surface area contributed by atoms with E-state index in [1.165, 1.54) is 24.0 Å². The van der Waals surface area contributed by atoms with E-state index in [-0.39, 0.29) is 24.2 Å². The molecule has 2 rings (SSSR count). The van der Waals surface area contributed by atoms with Crippen molar-refractivity contribution in [3.8, 4) is 0 Å². The first-order valence-electron chi connectivity index (χ1n) is 8.21. The lowest BCUT2D eigenvalue weighted by Crippen LogP contribution is -2.25. The SMILES string of the molecule is C/C(CC(=O)Nc1cccc2c1CCCC2)=N\NC(=O)C(C)C. The zero-order valence-corrected chi connectivity index (χ0v) is 14.1. The second kappa shape index (κ2) is 7.90. The summed E-state index contributed by atoms with van der Waals surface area (Å²) >= 11 is 0. The van der Waals surface area contributed by atoms with Crippen molar-refractivity contribution in [2.45, 2.75) is 52.9 Å². The molecule has 1 aliphatic rings. The van der Waals surface area contributed by atoms with Crippen molar-refractivity contribution in [2.24, 2.45) is 11.0 Å². The minimum absolute atomic E-state index is 0.107. The van der Waals surface area contributed by atoms with Crippen molar-refractivity contribution in [2.75, 3.05) is 5.32 Å². The minimum Gasteiger partial charge on any atom is -0.325 e. The number of rotatable bonds is 5. The number of hydrogen-bond donors (Lipinski definition) is 2. The van der Waals surface area contributed by atoms with Crippen LogP contribution in [0, 0.1) is 5.92 Å². The lowest BCUT2D eigenvalue weighted by Gasteiger charge is -2.19. The maximum absolute atomic E-state index is 12.2. The Balaban J connectivity index is 1.95. The Bertz CT molecular complexity index is 621. The van der Waals surface area contributed by atoms with Crippen LogP contribution in [0.15, 0.2) is 23.3 Å². The molecule has 1 aliphatic carbocycles. The van der Waals surface area contributed by atoms with Crippen molar-refractivity contribution >= 4 is 23.2 Å². The van der Waals surface area contributed by atoms with Gasteiger partial charge in [0.1, 0.15) is 0 Å². The van der Waals surface area contributed by atoms with Gasteiger partial charge in [0.15, 0.2) is 0 Å². The van der Waals surface area contributed by atoms with Gasteiger partial charge in [-0.25, -0.2) is 5.43 Å². The molecular weight excluding hydrogens is 290 g/mol. The molecule has 0 aliphatic heterocycles. The number of carbonyl (C=O) groups is 2. The van der Waals surface area contributed by atoms with Crippen molar-refractivity contribution < 1.29 is 9.59 Å². The Hall–Kier alpha value is -2.17. The van der Waals surface area contributed by atoms with Crippen LogP contribution in [0.3, 0.4) is 0 Å². The van der Waals surface area contributed by atoms with E-state index in [4.69, 9.17) is 0 Å². The second-order valence-electron chi connectivity index (χ2n) is 6.35. The number of nitrogens with one attached hydrogen (secondary N) is 2. The van der Waals surface area contributed by atoms with Crippen LogP contribution in [-0.4, -0.2) is 17.5 Å². The summed E-state index contributed by atoms with van der Waals surface area (Å²) in [5.74, 6) is -0.387.